The van der Waals surface area contributed by atoms with Crippen molar-refractivity contribution in [3.05, 3.63) is 0 Å². The zero-order valence-electron chi connectivity index (χ0n) is 9.19. The van der Waals surface area contributed by atoms with Crippen LogP contribution in [0.1, 0.15) is 28.1 Å². The molecule has 0 fully saturated rings. The average Bonchev–Trinajstić information content (AvgIpc) is 2.03. The molecule has 0 saturated heterocycles. The maximum atomic E-state index is 10.8. The van der Waals surface area contributed by atoms with E-state index < -0.39 is 15.6 Å². The minimum atomic E-state index is -3.95. The fraction of sp³-hybridized carbons (Fsp3) is 1.00. The predicted molar refractivity (Wildman–Crippen MR) is 43.7 cm³/mol. The van der Waals surface area contributed by atoms with Crippen LogP contribution in [0.25, 0.3) is 0 Å². The number of rotatable bonds is 6. The average molecular weight is 222 g/mol. The second-order valence-corrected chi connectivity index (χ2v) is 3.91. The zero-order chi connectivity index (χ0) is 9.61. The minimum absolute atomic E-state index is 0. The van der Waals surface area contributed by atoms with Crippen LogP contribution in [0, 0.1) is 0 Å². The standard InChI is InChI=1S/C6H14O5S.Na.H/c1-3-5-10-11-12(8,9)6(7)4-2;;/h6-7H,3-5H2,1-2H3;;/q;+1;-1. The third kappa shape index (κ3) is 6.84. The molecule has 0 radical (unpaired) electrons. The molecule has 0 saturated carbocycles. The zero-order valence-corrected chi connectivity index (χ0v) is 11.0. The van der Waals surface area contributed by atoms with Crippen molar-refractivity contribution >= 4 is 10.1 Å². The Kier molecular flexibility index (Phi) is 10.2. The van der Waals surface area contributed by atoms with Crippen LogP contribution in [0.2, 0.25) is 0 Å². The van der Waals surface area contributed by atoms with E-state index >= 15 is 0 Å². The van der Waals surface area contributed by atoms with Crippen molar-refractivity contribution in [2.24, 2.45) is 0 Å². The molecule has 0 aliphatic carbocycles. The van der Waals surface area contributed by atoms with Crippen molar-refractivity contribution in [3.63, 3.8) is 0 Å². The van der Waals surface area contributed by atoms with Gasteiger partial charge in [0.15, 0.2) is 5.44 Å². The van der Waals surface area contributed by atoms with Gasteiger partial charge in [-0.3, -0.25) is 0 Å². The summed E-state index contributed by atoms with van der Waals surface area (Å²) in [7, 11) is -3.95. The van der Waals surface area contributed by atoms with Gasteiger partial charge >= 0.3 is 39.7 Å². The molecule has 0 aromatic heterocycles. The maximum absolute atomic E-state index is 10.8. The van der Waals surface area contributed by atoms with Gasteiger partial charge in [-0.2, -0.15) is 8.42 Å². The summed E-state index contributed by atoms with van der Waals surface area (Å²) in [6, 6.07) is 0. The van der Waals surface area contributed by atoms with Crippen molar-refractivity contribution in [1.29, 1.82) is 0 Å². The van der Waals surface area contributed by atoms with E-state index in [4.69, 9.17) is 5.11 Å². The van der Waals surface area contributed by atoms with E-state index in [0.29, 0.717) is 6.42 Å². The molecule has 1 unspecified atom stereocenters. The fourth-order valence-electron chi connectivity index (χ4n) is 0.434. The van der Waals surface area contributed by atoms with E-state index in [0.717, 1.165) is 0 Å². The first kappa shape index (κ1) is 16.3. The molecular formula is C6H15NaO5S. The molecule has 0 aromatic carbocycles. The normalized spacial score (nSPS) is 13.5. The molecule has 5 nitrogen and oxygen atoms in total. The number of hydrogen-bond acceptors (Lipinski definition) is 5. The van der Waals surface area contributed by atoms with Crippen LogP contribution in [0.15, 0.2) is 0 Å². The number of hydrogen-bond donors (Lipinski definition) is 1. The van der Waals surface area contributed by atoms with Gasteiger partial charge in [0.2, 0.25) is 0 Å². The Morgan fingerprint density at radius 1 is 1.46 bits per heavy atom. The summed E-state index contributed by atoms with van der Waals surface area (Å²) >= 11 is 0. The van der Waals surface area contributed by atoms with Gasteiger partial charge in [0.25, 0.3) is 0 Å². The molecule has 0 rings (SSSR count). The summed E-state index contributed by atoms with van der Waals surface area (Å²) in [5.41, 5.74) is -1.51. The van der Waals surface area contributed by atoms with Gasteiger partial charge in [-0.1, -0.05) is 13.8 Å². The summed E-state index contributed by atoms with van der Waals surface area (Å²) in [6.45, 7) is 3.54. The summed E-state index contributed by atoms with van der Waals surface area (Å²) in [6.07, 6.45) is 0.732. The summed E-state index contributed by atoms with van der Waals surface area (Å²) in [5, 5.41) is 8.89. The van der Waals surface area contributed by atoms with Gasteiger partial charge in [-0.25, -0.2) is 4.89 Å². The fourth-order valence-corrected chi connectivity index (χ4v) is 1.13. The maximum Gasteiger partial charge on any atom is 1.00 e. The van der Waals surface area contributed by atoms with Crippen molar-refractivity contribution in [2.45, 2.75) is 32.1 Å². The monoisotopic (exact) mass is 222 g/mol. The molecule has 0 aliphatic rings. The Hall–Kier alpha value is 0.830. The van der Waals surface area contributed by atoms with Crippen LogP contribution in [-0.2, 0) is 19.3 Å². The van der Waals surface area contributed by atoms with Gasteiger partial charge in [-0.15, -0.1) is 4.33 Å². The Morgan fingerprint density at radius 2 is 2.00 bits per heavy atom. The van der Waals surface area contributed by atoms with Crippen molar-refractivity contribution in [2.75, 3.05) is 6.61 Å². The third-order valence-electron chi connectivity index (χ3n) is 1.11. The smallest absolute Gasteiger partial charge is 1.00 e. The van der Waals surface area contributed by atoms with Gasteiger partial charge < -0.3 is 6.53 Å². The Labute approximate surface area is 102 Å². The Balaban J connectivity index is -0.000000605. The molecular weight excluding hydrogens is 207 g/mol. The number of aliphatic hydroxyl groups is 1. The topological polar surface area (TPSA) is 72.8 Å². The van der Waals surface area contributed by atoms with Crippen LogP contribution in [0.4, 0.5) is 0 Å². The SMILES string of the molecule is CCCOOS(=O)(=O)C(O)CC.[H-].[Na+]. The minimum Gasteiger partial charge on any atom is -1.00 e. The molecule has 7 heteroatoms. The first-order valence-electron chi connectivity index (χ1n) is 3.77. The molecule has 0 aromatic rings. The number of aliphatic hydroxyl groups excluding tert-OH is 1. The molecule has 1 atom stereocenters. The van der Waals surface area contributed by atoms with Gasteiger partial charge in [0, 0.05) is 0 Å². The molecule has 0 bridgehead atoms. The quantitative estimate of drug-likeness (QED) is 0.233. The van der Waals surface area contributed by atoms with Gasteiger partial charge in [-0.05, 0) is 12.8 Å². The van der Waals surface area contributed by atoms with Gasteiger partial charge in [0.05, 0.1) is 6.61 Å². The van der Waals surface area contributed by atoms with E-state index in [-0.39, 0.29) is 44.0 Å². The first-order chi connectivity index (χ1) is 5.54. The molecule has 1 N–H and O–H groups in total. The van der Waals surface area contributed by atoms with E-state index in [1.54, 1.807) is 0 Å². The molecule has 13 heavy (non-hydrogen) atoms. The Morgan fingerprint density at radius 3 is 2.38 bits per heavy atom. The van der Waals surface area contributed by atoms with Gasteiger partial charge in [0.1, 0.15) is 0 Å². The molecule has 0 aliphatic heterocycles. The summed E-state index contributed by atoms with van der Waals surface area (Å²) in [5.74, 6) is 0. The van der Waals surface area contributed by atoms with E-state index in [2.05, 4.69) is 9.22 Å². The van der Waals surface area contributed by atoms with Crippen LogP contribution in [-0.4, -0.2) is 25.6 Å². The van der Waals surface area contributed by atoms with Crippen LogP contribution < -0.4 is 29.6 Å². The summed E-state index contributed by atoms with van der Waals surface area (Å²) in [4.78, 5) is 4.32. The van der Waals surface area contributed by atoms with Crippen molar-refractivity contribution < 1.29 is 53.7 Å². The van der Waals surface area contributed by atoms with Crippen LogP contribution in [0.5, 0.6) is 0 Å². The van der Waals surface area contributed by atoms with Crippen LogP contribution >= 0.6 is 0 Å². The molecule has 0 amide bonds. The van der Waals surface area contributed by atoms with Crippen molar-refractivity contribution in [3.8, 4) is 0 Å². The van der Waals surface area contributed by atoms with Crippen molar-refractivity contribution in [1.82, 2.24) is 0 Å². The van der Waals surface area contributed by atoms with E-state index in [1.807, 2.05) is 6.92 Å². The first-order valence-corrected chi connectivity index (χ1v) is 5.24. The summed E-state index contributed by atoms with van der Waals surface area (Å²) < 4.78 is 25.7. The van der Waals surface area contributed by atoms with E-state index in [1.165, 1.54) is 6.92 Å². The predicted octanol–water partition coefficient (Wildman–Crippen LogP) is -2.48. The second-order valence-electron chi connectivity index (χ2n) is 2.25. The van der Waals surface area contributed by atoms with E-state index in [9.17, 15) is 8.42 Å². The molecule has 0 spiro atoms. The molecule has 76 valence electrons. The Bertz CT molecular complexity index is 208. The second kappa shape index (κ2) is 8.16. The van der Waals surface area contributed by atoms with Crippen LogP contribution in [0.3, 0.4) is 0 Å². The molecule has 0 heterocycles. The largest absolute Gasteiger partial charge is 1.00 e. The third-order valence-corrected chi connectivity index (χ3v) is 2.40.